The number of hydrogen-bond donors (Lipinski definition) is 2. The van der Waals surface area contributed by atoms with Crippen molar-refractivity contribution in [1.82, 2.24) is 5.32 Å². The van der Waals surface area contributed by atoms with Gasteiger partial charge in [-0.2, -0.15) is 0 Å². The van der Waals surface area contributed by atoms with E-state index in [4.69, 9.17) is 9.47 Å². The number of rotatable bonds is 10. The summed E-state index contributed by atoms with van der Waals surface area (Å²) in [6, 6.07) is 12.3. The third kappa shape index (κ3) is 6.16. The first-order valence-corrected chi connectivity index (χ1v) is 8.64. The highest BCUT2D eigenvalue weighted by Gasteiger charge is 2.14. The minimum atomic E-state index is -0.289. The van der Waals surface area contributed by atoms with Gasteiger partial charge < -0.3 is 19.9 Å². The summed E-state index contributed by atoms with van der Waals surface area (Å²) in [4.78, 5) is 0. The lowest BCUT2D eigenvalue weighted by Crippen LogP contribution is -2.31. The van der Waals surface area contributed by atoms with Gasteiger partial charge >= 0.3 is 0 Å². The zero-order valence-electron chi connectivity index (χ0n) is 15.2. The van der Waals surface area contributed by atoms with Crippen LogP contribution in [0.4, 0.5) is 4.39 Å². The molecule has 0 saturated carbocycles. The van der Waals surface area contributed by atoms with Crippen LogP contribution in [-0.4, -0.2) is 24.4 Å². The number of ether oxygens (including phenoxy) is 2. The van der Waals surface area contributed by atoms with Gasteiger partial charge in [-0.15, -0.1) is 12.4 Å². The summed E-state index contributed by atoms with van der Waals surface area (Å²) in [7, 11) is 0. The number of aliphatic hydroxyl groups is 1. The van der Waals surface area contributed by atoms with Gasteiger partial charge in [-0.1, -0.05) is 37.3 Å². The molecule has 2 rings (SSSR count). The Morgan fingerprint density at radius 2 is 1.77 bits per heavy atom. The minimum absolute atomic E-state index is 0. The molecule has 144 valence electrons. The van der Waals surface area contributed by atoms with E-state index in [1.165, 1.54) is 6.07 Å². The highest BCUT2D eigenvalue weighted by atomic mass is 35.5. The first-order chi connectivity index (χ1) is 12.2. The van der Waals surface area contributed by atoms with Crippen LogP contribution < -0.4 is 14.8 Å². The van der Waals surface area contributed by atoms with Crippen LogP contribution in [0, 0.1) is 5.82 Å². The quantitative estimate of drug-likeness (QED) is 0.649. The Morgan fingerprint density at radius 3 is 2.42 bits per heavy atom. The number of para-hydroxylation sites is 1. The highest BCUT2D eigenvalue weighted by molar-refractivity contribution is 5.85. The van der Waals surface area contributed by atoms with Gasteiger partial charge in [-0.3, -0.25) is 0 Å². The third-order valence-electron chi connectivity index (χ3n) is 3.98. The van der Waals surface area contributed by atoms with Gasteiger partial charge in [0, 0.05) is 23.7 Å². The van der Waals surface area contributed by atoms with Gasteiger partial charge in [0.25, 0.3) is 0 Å². The van der Waals surface area contributed by atoms with Crippen molar-refractivity contribution in [2.45, 2.75) is 39.5 Å². The molecule has 0 aliphatic rings. The first kappa shape index (κ1) is 22.2. The van der Waals surface area contributed by atoms with Crippen LogP contribution in [0.3, 0.4) is 0 Å². The number of aliphatic hydroxyl groups excluding tert-OH is 1. The molecule has 4 nitrogen and oxygen atoms in total. The molecule has 0 fully saturated rings. The van der Waals surface area contributed by atoms with Crippen LogP contribution in [0.15, 0.2) is 42.5 Å². The lowest BCUT2D eigenvalue weighted by atomic mass is 10.1. The molecule has 6 heteroatoms. The Bertz CT molecular complexity index is 665. The summed E-state index contributed by atoms with van der Waals surface area (Å²) in [5, 5.41) is 12.6. The number of nitrogens with one attached hydrogen (secondary N) is 1. The van der Waals surface area contributed by atoms with E-state index < -0.39 is 0 Å². The molecule has 0 aliphatic heterocycles. The van der Waals surface area contributed by atoms with E-state index in [0.717, 1.165) is 12.0 Å². The minimum Gasteiger partial charge on any atom is -0.490 e. The molecule has 2 aromatic rings. The van der Waals surface area contributed by atoms with Gasteiger partial charge in [0.05, 0.1) is 13.2 Å². The van der Waals surface area contributed by atoms with Crippen LogP contribution in [0.5, 0.6) is 11.5 Å². The van der Waals surface area contributed by atoms with Crippen molar-refractivity contribution < 1.29 is 19.0 Å². The molecule has 26 heavy (non-hydrogen) atoms. The van der Waals surface area contributed by atoms with Crippen molar-refractivity contribution in [1.29, 1.82) is 0 Å². The monoisotopic (exact) mass is 383 g/mol. The van der Waals surface area contributed by atoms with E-state index >= 15 is 0 Å². The first-order valence-electron chi connectivity index (χ1n) is 8.64. The largest absolute Gasteiger partial charge is 0.490 e. The molecule has 0 amide bonds. The SMILES string of the molecule is CCOc1cccc(CNC(CC)CO)c1OCc1ccccc1F.Cl. The average molecular weight is 384 g/mol. The van der Waals surface area contributed by atoms with Gasteiger partial charge in [0.15, 0.2) is 11.5 Å². The number of halogens is 2. The molecule has 0 aliphatic carbocycles. The predicted molar refractivity (Wildman–Crippen MR) is 104 cm³/mol. The topological polar surface area (TPSA) is 50.7 Å². The Kier molecular flexibility index (Phi) is 10.0. The Hall–Kier alpha value is -1.82. The highest BCUT2D eigenvalue weighted by Crippen LogP contribution is 2.32. The average Bonchev–Trinajstić information content (AvgIpc) is 2.63. The van der Waals surface area contributed by atoms with E-state index in [9.17, 15) is 9.50 Å². The third-order valence-corrected chi connectivity index (χ3v) is 3.98. The zero-order chi connectivity index (χ0) is 18.1. The summed E-state index contributed by atoms with van der Waals surface area (Å²) >= 11 is 0. The maximum atomic E-state index is 13.8. The van der Waals surface area contributed by atoms with E-state index in [2.05, 4.69) is 5.32 Å². The summed E-state index contributed by atoms with van der Waals surface area (Å²) in [5.41, 5.74) is 1.41. The zero-order valence-corrected chi connectivity index (χ0v) is 16.0. The molecule has 2 aromatic carbocycles. The molecule has 2 N–H and O–H groups in total. The number of benzene rings is 2. The lowest BCUT2D eigenvalue weighted by Gasteiger charge is -2.19. The smallest absolute Gasteiger partial charge is 0.166 e. The van der Waals surface area contributed by atoms with Gasteiger partial charge in [-0.05, 0) is 25.5 Å². The molecule has 0 saturated heterocycles. The molecule has 0 spiro atoms. The van der Waals surface area contributed by atoms with Gasteiger partial charge in [-0.25, -0.2) is 4.39 Å². The fraction of sp³-hybridized carbons (Fsp3) is 0.400. The standard InChI is InChI=1S/C20H26FNO3.ClH/c1-3-17(13-23)22-12-15-9-7-11-19(24-4-2)20(15)25-14-16-8-5-6-10-18(16)21;/h5-11,17,22-23H,3-4,12-14H2,1-2H3;1H. The van der Waals surface area contributed by atoms with Crippen molar-refractivity contribution in [3.8, 4) is 11.5 Å². The molecule has 0 aromatic heterocycles. The second-order valence-electron chi connectivity index (χ2n) is 5.73. The van der Waals surface area contributed by atoms with Crippen molar-refractivity contribution in [2.24, 2.45) is 0 Å². The Balaban J connectivity index is 0.00000338. The molecule has 0 radical (unpaired) electrons. The fourth-order valence-corrected chi connectivity index (χ4v) is 2.49. The van der Waals surface area contributed by atoms with Crippen molar-refractivity contribution in [3.63, 3.8) is 0 Å². The normalized spacial score (nSPS) is 11.5. The fourth-order valence-electron chi connectivity index (χ4n) is 2.49. The Labute approximate surface area is 160 Å². The van der Waals surface area contributed by atoms with E-state index in [1.54, 1.807) is 18.2 Å². The molecule has 1 unspecified atom stereocenters. The van der Waals surface area contributed by atoms with Crippen molar-refractivity contribution >= 4 is 12.4 Å². The maximum Gasteiger partial charge on any atom is 0.166 e. The van der Waals surface area contributed by atoms with Crippen LogP contribution in [0.1, 0.15) is 31.4 Å². The van der Waals surface area contributed by atoms with Crippen LogP contribution in [-0.2, 0) is 13.2 Å². The molecule has 0 bridgehead atoms. The second kappa shape index (κ2) is 11.7. The summed E-state index contributed by atoms with van der Waals surface area (Å²) in [6.45, 7) is 5.17. The second-order valence-corrected chi connectivity index (χ2v) is 5.73. The van der Waals surface area contributed by atoms with Crippen molar-refractivity contribution in [3.05, 3.63) is 59.4 Å². The van der Waals surface area contributed by atoms with Crippen molar-refractivity contribution in [2.75, 3.05) is 13.2 Å². The predicted octanol–water partition coefficient (Wildman–Crippen LogP) is 4.09. The molecule has 0 heterocycles. The van der Waals surface area contributed by atoms with E-state index in [0.29, 0.717) is 30.2 Å². The summed E-state index contributed by atoms with van der Waals surface area (Å²) < 4.78 is 25.4. The number of hydrogen-bond acceptors (Lipinski definition) is 4. The van der Waals surface area contributed by atoms with E-state index in [1.807, 2.05) is 32.0 Å². The van der Waals surface area contributed by atoms with Crippen LogP contribution in [0.25, 0.3) is 0 Å². The Morgan fingerprint density at radius 1 is 1.04 bits per heavy atom. The molecular formula is C20H27ClFNO3. The van der Waals surface area contributed by atoms with E-state index in [-0.39, 0.29) is 37.5 Å². The van der Waals surface area contributed by atoms with Gasteiger partial charge in [0.2, 0.25) is 0 Å². The van der Waals surface area contributed by atoms with Crippen LogP contribution >= 0.6 is 12.4 Å². The van der Waals surface area contributed by atoms with Gasteiger partial charge in [0.1, 0.15) is 12.4 Å². The summed E-state index contributed by atoms with van der Waals surface area (Å²) in [6.07, 6.45) is 0.826. The van der Waals surface area contributed by atoms with Crippen LogP contribution in [0.2, 0.25) is 0 Å². The molecular weight excluding hydrogens is 357 g/mol. The molecule has 1 atom stereocenters. The lowest BCUT2D eigenvalue weighted by molar-refractivity contribution is 0.235. The summed E-state index contributed by atoms with van der Waals surface area (Å²) in [5.74, 6) is 0.950. The maximum absolute atomic E-state index is 13.8.